The molecular formula is C16H17N5O2S. The SMILES string of the molecule is Cn1ccnc1N1CCN(C(=O)c2csc(-c3ccoc3)n2)CC1. The summed E-state index contributed by atoms with van der Waals surface area (Å²) in [6.45, 7) is 2.89. The molecule has 3 aromatic rings. The molecule has 24 heavy (non-hydrogen) atoms. The van der Waals surface area contributed by atoms with E-state index in [4.69, 9.17) is 4.42 Å². The molecule has 8 heteroatoms. The van der Waals surface area contributed by atoms with E-state index in [0.717, 1.165) is 29.6 Å². The van der Waals surface area contributed by atoms with Crippen LogP contribution in [0.2, 0.25) is 0 Å². The third-order valence-corrected chi connectivity index (χ3v) is 5.03. The van der Waals surface area contributed by atoms with Crippen LogP contribution in [0, 0.1) is 0 Å². The molecule has 0 atom stereocenters. The number of imidazole rings is 1. The number of thiazole rings is 1. The lowest BCUT2D eigenvalue weighted by molar-refractivity contribution is 0.0741. The first-order valence-electron chi connectivity index (χ1n) is 7.72. The largest absolute Gasteiger partial charge is 0.472 e. The third kappa shape index (κ3) is 2.69. The minimum atomic E-state index is -0.0134. The quantitative estimate of drug-likeness (QED) is 0.728. The van der Waals surface area contributed by atoms with Gasteiger partial charge >= 0.3 is 0 Å². The summed E-state index contributed by atoms with van der Waals surface area (Å²) in [5.41, 5.74) is 1.40. The minimum absolute atomic E-state index is 0.0134. The molecule has 0 bridgehead atoms. The van der Waals surface area contributed by atoms with Crippen molar-refractivity contribution in [3.63, 3.8) is 0 Å². The van der Waals surface area contributed by atoms with Crippen LogP contribution in [0.3, 0.4) is 0 Å². The molecule has 124 valence electrons. The van der Waals surface area contributed by atoms with Crippen molar-refractivity contribution in [3.8, 4) is 10.6 Å². The van der Waals surface area contributed by atoms with Crippen LogP contribution in [0.15, 0.2) is 40.8 Å². The van der Waals surface area contributed by atoms with Crippen molar-refractivity contribution in [3.05, 3.63) is 42.1 Å². The number of hydrogen-bond donors (Lipinski definition) is 0. The predicted molar refractivity (Wildman–Crippen MR) is 91.1 cm³/mol. The second-order valence-corrected chi connectivity index (χ2v) is 6.53. The lowest BCUT2D eigenvalue weighted by Gasteiger charge is -2.34. The predicted octanol–water partition coefficient (Wildman–Crippen LogP) is 2.10. The number of piperazine rings is 1. The number of anilines is 1. The Morgan fingerprint density at radius 2 is 2.12 bits per heavy atom. The molecule has 0 spiro atoms. The molecule has 4 rings (SSSR count). The maximum absolute atomic E-state index is 12.7. The smallest absolute Gasteiger partial charge is 0.273 e. The number of amides is 1. The maximum atomic E-state index is 12.7. The van der Waals surface area contributed by atoms with Crippen molar-refractivity contribution in [2.45, 2.75) is 0 Å². The van der Waals surface area contributed by atoms with Gasteiger partial charge in [0.15, 0.2) is 0 Å². The highest BCUT2D eigenvalue weighted by molar-refractivity contribution is 7.13. The van der Waals surface area contributed by atoms with E-state index in [-0.39, 0.29) is 5.91 Å². The fraction of sp³-hybridized carbons (Fsp3) is 0.312. The van der Waals surface area contributed by atoms with E-state index in [1.807, 2.05) is 34.2 Å². The van der Waals surface area contributed by atoms with Gasteiger partial charge in [-0.15, -0.1) is 11.3 Å². The first-order chi connectivity index (χ1) is 11.7. The summed E-state index contributed by atoms with van der Waals surface area (Å²) in [4.78, 5) is 25.5. The number of aryl methyl sites for hydroxylation is 1. The van der Waals surface area contributed by atoms with Crippen molar-refractivity contribution in [1.29, 1.82) is 0 Å². The van der Waals surface area contributed by atoms with Crippen molar-refractivity contribution >= 4 is 23.2 Å². The lowest BCUT2D eigenvalue weighted by atomic mass is 10.3. The molecule has 7 nitrogen and oxygen atoms in total. The Labute approximate surface area is 143 Å². The van der Waals surface area contributed by atoms with Gasteiger partial charge in [0.1, 0.15) is 17.0 Å². The molecule has 0 aliphatic carbocycles. The van der Waals surface area contributed by atoms with Crippen molar-refractivity contribution in [2.75, 3.05) is 31.1 Å². The Morgan fingerprint density at radius 1 is 1.29 bits per heavy atom. The highest BCUT2D eigenvalue weighted by Gasteiger charge is 2.25. The minimum Gasteiger partial charge on any atom is -0.472 e. The summed E-state index contributed by atoms with van der Waals surface area (Å²) in [5.74, 6) is 0.929. The number of aromatic nitrogens is 3. The van der Waals surface area contributed by atoms with E-state index < -0.39 is 0 Å². The Balaban J connectivity index is 1.42. The number of furan rings is 1. The van der Waals surface area contributed by atoms with E-state index >= 15 is 0 Å². The zero-order valence-corrected chi connectivity index (χ0v) is 14.1. The summed E-state index contributed by atoms with van der Waals surface area (Å²) in [6.07, 6.45) is 6.97. The highest BCUT2D eigenvalue weighted by Crippen LogP contribution is 2.25. The first kappa shape index (κ1) is 14.9. The van der Waals surface area contributed by atoms with Crippen LogP contribution in [-0.2, 0) is 7.05 Å². The van der Waals surface area contributed by atoms with Crippen molar-refractivity contribution < 1.29 is 9.21 Å². The fourth-order valence-corrected chi connectivity index (χ4v) is 3.60. The van der Waals surface area contributed by atoms with Gasteiger partial charge in [0.05, 0.1) is 6.26 Å². The zero-order chi connectivity index (χ0) is 16.5. The second kappa shape index (κ2) is 6.12. The molecule has 3 aromatic heterocycles. The number of carbonyl (C=O) groups is 1. The molecule has 0 unspecified atom stereocenters. The second-order valence-electron chi connectivity index (χ2n) is 5.67. The summed E-state index contributed by atoms with van der Waals surface area (Å²) < 4.78 is 7.06. The van der Waals surface area contributed by atoms with E-state index in [0.29, 0.717) is 18.8 Å². The fourth-order valence-electron chi connectivity index (χ4n) is 2.82. The van der Waals surface area contributed by atoms with Gasteiger partial charge in [0, 0.05) is 56.6 Å². The summed E-state index contributed by atoms with van der Waals surface area (Å²) in [5, 5.41) is 2.62. The van der Waals surface area contributed by atoms with Gasteiger partial charge in [0.2, 0.25) is 5.95 Å². The lowest BCUT2D eigenvalue weighted by Crippen LogP contribution is -2.49. The van der Waals surface area contributed by atoms with Crippen molar-refractivity contribution in [1.82, 2.24) is 19.4 Å². The Hall–Kier alpha value is -2.61. The van der Waals surface area contributed by atoms with Gasteiger partial charge in [-0.1, -0.05) is 0 Å². The van der Waals surface area contributed by atoms with Gasteiger partial charge in [-0.05, 0) is 6.07 Å². The molecule has 0 aromatic carbocycles. The van der Waals surface area contributed by atoms with Gasteiger partial charge in [0.25, 0.3) is 5.91 Å². The number of hydrogen-bond acceptors (Lipinski definition) is 6. The van der Waals surface area contributed by atoms with E-state index in [1.54, 1.807) is 18.7 Å². The summed E-state index contributed by atoms with van der Waals surface area (Å²) in [6, 6.07) is 1.85. The van der Waals surface area contributed by atoms with Crippen LogP contribution in [0.25, 0.3) is 10.6 Å². The van der Waals surface area contributed by atoms with Crippen molar-refractivity contribution in [2.24, 2.45) is 7.05 Å². The van der Waals surface area contributed by atoms with E-state index in [9.17, 15) is 4.79 Å². The zero-order valence-electron chi connectivity index (χ0n) is 13.3. The average molecular weight is 343 g/mol. The van der Waals surface area contributed by atoms with Crippen LogP contribution in [0.1, 0.15) is 10.5 Å². The van der Waals surface area contributed by atoms with Gasteiger partial charge in [-0.25, -0.2) is 9.97 Å². The van der Waals surface area contributed by atoms with Gasteiger partial charge in [-0.2, -0.15) is 0 Å². The number of nitrogens with zero attached hydrogens (tertiary/aromatic N) is 5. The summed E-state index contributed by atoms with van der Waals surface area (Å²) in [7, 11) is 1.98. The molecular weight excluding hydrogens is 326 g/mol. The molecule has 0 saturated carbocycles. The Morgan fingerprint density at radius 3 is 2.79 bits per heavy atom. The number of rotatable bonds is 3. The number of carbonyl (C=O) groups excluding carboxylic acids is 1. The first-order valence-corrected chi connectivity index (χ1v) is 8.60. The summed E-state index contributed by atoms with van der Waals surface area (Å²) >= 11 is 1.46. The van der Waals surface area contributed by atoms with Gasteiger partial charge < -0.3 is 18.8 Å². The maximum Gasteiger partial charge on any atom is 0.273 e. The normalized spacial score (nSPS) is 15.0. The molecule has 1 aliphatic heterocycles. The molecule has 1 aliphatic rings. The van der Waals surface area contributed by atoms with Gasteiger partial charge in [-0.3, -0.25) is 4.79 Å². The average Bonchev–Trinajstić information content (AvgIpc) is 3.35. The molecule has 0 radical (unpaired) electrons. The monoisotopic (exact) mass is 343 g/mol. The Bertz CT molecular complexity index is 830. The van der Waals surface area contributed by atoms with E-state index in [1.165, 1.54) is 11.3 Å². The topological polar surface area (TPSA) is 67.4 Å². The molecule has 1 amide bonds. The third-order valence-electron chi connectivity index (χ3n) is 4.14. The van der Waals surface area contributed by atoms with Crippen LogP contribution >= 0.6 is 11.3 Å². The van der Waals surface area contributed by atoms with Crippen LogP contribution in [-0.4, -0.2) is 51.5 Å². The molecule has 4 heterocycles. The Kier molecular flexibility index (Phi) is 3.81. The van der Waals surface area contributed by atoms with Crippen LogP contribution < -0.4 is 4.90 Å². The molecule has 1 saturated heterocycles. The molecule has 1 fully saturated rings. The standard InChI is InChI=1S/C16H17N5O2S/c1-19-4-3-17-16(19)21-7-5-20(6-8-21)15(22)13-11-24-14(18-13)12-2-9-23-10-12/h2-4,9-11H,5-8H2,1H3. The molecule has 0 N–H and O–H groups in total. The van der Waals surface area contributed by atoms with E-state index in [2.05, 4.69) is 14.9 Å². The highest BCUT2D eigenvalue weighted by atomic mass is 32.1. The van der Waals surface area contributed by atoms with Crippen LogP contribution in [0.4, 0.5) is 5.95 Å². The van der Waals surface area contributed by atoms with Crippen LogP contribution in [0.5, 0.6) is 0 Å².